The fourth-order valence-corrected chi connectivity index (χ4v) is 5.26. The molecule has 0 radical (unpaired) electrons. The Morgan fingerprint density at radius 1 is 1.17 bits per heavy atom. The SMILES string of the molecule is O=C(NCC1CCCCCC1)c1nc2sc3c(c2c(=O)[nH]1)CCC3. The van der Waals surface area contributed by atoms with Crippen molar-refractivity contribution in [3.63, 3.8) is 0 Å². The van der Waals surface area contributed by atoms with Crippen LogP contribution in [0.2, 0.25) is 0 Å². The molecule has 0 aliphatic heterocycles. The molecule has 2 aliphatic carbocycles. The number of nitrogens with zero attached hydrogens (tertiary/aromatic N) is 1. The van der Waals surface area contributed by atoms with Crippen LogP contribution in [0.3, 0.4) is 0 Å². The molecule has 0 saturated heterocycles. The van der Waals surface area contributed by atoms with E-state index in [1.165, 1.54) is 43.4 Å². The van der Waals surface area contributed by atoms with Gasteiger partial charge in [-0.3, -0.25) is 9.59 Å². The highest BCUT2D eigenvalue weighted by Gasteiger charge is 2.22. The van der Waals surface area contributed by atoms with E-state index in [0.717, 1.165) is 24.8 Å². The number of carbonyl (C=O) groups is 1. The maximum Gasteiger partial charge on any atom is 0.287 e. The first-order chi connectivity index (χ1) is 11.7. The van der Waals surface area contributed by atoms with E-state index >= 15 is 0 Å². The number of fused-ring (bicyclic) bond motifs is 3. The Bertz CT molecular complexity index is 816. The first kappa shape index (κ1) is 15.8. The summed E-state index contributed by atoms with van der Waals surface area (Å²) in [4.78, 5) is 33.9. The molecule has 2 aromatic rings. The number of aromatic amines is 1. The number of hydrogen-bond acceptors (Lipinski definition) is 4. The van der Waals surface area contributed by atoms with E-state index in [2.05, 4.69) is 15.3 Å². The molecule has 0 atom stereocenters. The third-order valence-corrected chi connectivity index (χ3v) is 6.50. The number of carbonyl (C=O) groups excluding carboxylic acids is 1. The molecule has 0 bridgehead atoms. The van der Waals surface area contributed by atoms with E-state index in [0.29, 0.717) is 22.7 Å². The van der Waals surface area contributed by atoms with Gasteiger partial charge in [-0.1, -0.05) is 25.7 Å². The van der Waals surface area contributed by atoms with Gasteiger partial charge in [-0.25, -0.2) is 4.98 Å². The second kappa shape index (κ2) is 6.67. The van der Waals surface area contributed by atoms with Crippen molar-refractivity contribution in [2.24, 2.45) is 5.92 Å². The lowest BCUT2D eigenvalue weighted by Crippen LogP contribution is -2.32. The zero-order chi connectivity index (χ0) is 16.5. The number of aromatic nitrogens is 2. The number of aryl methyl sites for hydroxylation is 2. The molecule has 0 spiro atoms. The molecule has 4 rings (SSSR count). The van der Waals surface area contributed by atoms with Crippen molar-refractivity contribution in [3.8, 4) is 0 Å². The molecule has 1 amide bonds. The van der Waals surface area contributed by atoms with Crippen molar-refractivity contribution in [1.29, 1.82) is 0 Å². The number of nitrogens with one attached hydrogen (secondary N) is 2. The van der Waals surface area contributed by atoms with Gasteiger partial charge in [0.15, 0.2) is 0 Å². The minimum atomic E-state index is -0.258. The summed E-state index contributed by atoms with van der Waals surface area (Å²) < 4.78 is 0. The molecule has 0 aromatic carbocycles. The monoisotopic (exact) mass is 345 g/mol. The van der Waals surface area contributed by atoms with E-state index in [1.54, 1.807) is 11.3 Å². The summed E-state index contributed by atoms with van der Waals surface area (Å²) in [6.45, 7) is 0.682. The van der Waals surface area contributed by atoms with Crippen LogP contribution in [-0.4, -0.2) is 22.4 Å². The molecule has 24 heavy (non-hydrogen) atoms. The van der Waals surface area contributed by atoms with Gasteiger partial charge >= 0.3 is 0 Å². The van der Waals surface area contributed by atoms with Gasteiger partial charge in [0.2, 0.25) is 5.82 Å². The minimum absolute atomic E-state index is 0.154. The van der Waals surface area contributed by atoms with Crippen molar-refractivity contribution >= 4 is 27.5 Å². The van der Waals surface area contributed by atoms with Crippen molar-refractivity contribution in [2.75, 3.05) is 6.54 Å². The maximum atomic E-state index is 12.4. The van der Waals surface area contributed by atoms with E-state index in [9.17, 15) is 9.59 Å². The summed E-state index contributed by atoms with van der Waals surface area (Å²) in [5, 5.41) is 3.67. The van der Waals surface area contributed by atoms with Crippen LogP contribution in [0, 0.1) is 5.92 Å². The van der Waals surface area contributed by atoms with Gasteiger partial charge in [0.1, 0.15) is 4.83 Å². The zero-order valence-electron chi connectivity index (χ0n) is 13.8. The molecule has 0 unspecified atom stereocenters. The second-order valence-corrected chi connectivity index (χ2v) is 8.10. The summed E-state index contributed by atoms with van der Waals surface area (Å²) in [6, 6.07) is 0. The lowest BCUT2D eigenvalue weighted by molar-refractivity contribution is 0.0935. The second-order valence-electron chi connectivity index (χ2n) is 7.02. The molecule has 128 valence electrons. The van der Waals surface area contributed by atoms with Crippen LogP contribution in [-0.2, 0) is 12.8 Å². The topological polar surface area (TPSA) is 74.8 Å². The summed E-state index contributed by atoms with van der Waals surface area (Å²) in [6.07, 6.45) is 10.6. The van der Waals surface area contributed by atoms with Crippen molar-refractivity contribution in [3.05, 3.63) is 26.6 Å². The van der Waals surface area contributed by atoms with E-state index in [1.807, 2.05) is 0 Å². The summed E-state index contributed by atoms with van der Waals surface area (Å²) in [7, 11) is 0. The quantitative estimate of drug-likeness (QED) is 0.839. The van der Waals surface area contributed by atoms with Gasteiger partial charge in [0, 0.05) is 11.4 Å². The van der Waals surface area contributed by atoms with Gasteiger partial charge in [-0.05, 0) is 43.6 Å². The predicted molar refractivity (Wildman–Crippen MR) is 95.8 cm³/mol. The van der Waals surface area contributed by atoms with Crippen LogP contribution in [0.15, 0.2) is 4.79 Å². The molecule has 6 heteroatoms. The van der Waals surface area contributed by atoms with Gasteiger partial charge in [0.25, 0.3) is 11.5 Å². The van der Waals surface area contributed by atoms with Crippen LogP contribution in [0.1, 0.15) is 66.0 Å². The standard InChI is InChI=1S/C18H23N3O2S/c22-16-14-12-8-5-9-13(12)24-18(14)21-15(20-16)17(23)19-10-11-6-3-1-2-4-7-11/h11H,1-10H2,(H,19,23)(H,20,21,22). The highest BCUT2D eigenvalue weighted by atomic mass is 32.1. The number of rotatable bonds is 3. The normalized spacial score (nSPS) is 18.5. The van der Waals surface area contributed by atoms with Gasteiger partial charge in [0.05, 0.1) is 5.39 Å². The Morgan fingerprint density at radius 2 is 1.96 bits per heavy atom. The van der Waals surface area contributed by atoms with Gasteiger partial charge < -0.3 is 10.3 Å². The van der Waals surface area contributed by atoms with Crippen molar-refractivity contribution in [2.45, 2.75) is 57.8 Å². The average Bonchev–Trinajstić information content (AvgIpc) is 3.04. The van der Waals surface area contributed by atoms with Crippen LogP contribution in [0.4, 0.5) is 0 Å². The molecule has 5 nitrogen and oxygen atoms in total. The number of thiophene rings is 1. The predicted octanol–water partition coefficient (Wildman–Crippen LogP) is 3.17. The summed E-state index contributed by atoms with van der Waals surface area (Å²) >= 11 is 1.57. The summed E-state index contributed by atoms with van der Waals surface area (Å²) in [5.74, 6) is 0.449. The molecule has 1 saturated carbocycles. The van der Waals surface area contributed by atoms with Gasteiger partial charge in [-0.15, -0.1) is 11.3 Å². The first-order valence-corrected chi connectivity index (χ1v) is 9.87. The molecule has 2 aromatic heterocycles. The smallest absolute Gasteiger partial charge is 0.287 e. The lowest BCUT2D eigenvalue weighted by Gasteiger charge is -2.14. The van der Waals surface area contributed by atoms with Crippen LogP contribution >= 0.6 is 11.3 Å². The Labute approximate surface area is 144 Å². The lowest BCUT2D eigenvalue weighted by atomic mass is 10.0. The fraction of sp³-hybridized carbons (Fsp3) is 0.611. The first-order valence-electron chi connectivity index (χ1n) is 9.05. The van der Waals surface area contributed by atoms with Gasteiger partial charge in [-0.2, -0.15) is 0 Å². The highest BCUT2D eigenvalue weighted by Crippen LogP contribution is 2.34. The van der Waals surface area contributed by atoms with Crippen LogP contribution in [0.25, 0.3) is 10.2 Å². The maximum absolute atomic E-state index is 12.4. The number of H-pyrrole nitrogens is 1. The van der Waals surface area contributed by atoms with Crippen molar-refractivity contribution < 1.29 is 4.79 Å². The number of amides is 1. The number of hydrogen-bond donors (Lipinski definition) is 2. The Morgan fingerprint density at radius 3 is 2.75 bits per heavy atom. The zero-order valence-corrected chi connectivity index (χ0v) is 14.6. The fourth-order valence-electron chi connectivity index (χ4n) is 4.00. The highest BCUT2D eigenvalue weighted by molar-refractivity contribution is 7.18. The third kappa shape index (κ3) is 2.99. The minimum Gasteiger partial charge on any atom is -0.349 e. The molecular formula is C18H23N3O2S. The largest absolute Gasteiger partial charge is 0.349 e. The molecule has 2 N–H and O–H groups in total. The Kier molecular flexibility index (Phi) is 4.39. The summed E-state index contributed by atoms with van der Waals surface area (Å²) in [5.41, 5.74) is 0.980. The Hall–Kier alpha value is -1.69. The Balaban J connectivity index is 1.51. The van der Waals surface area contributed by atoms with E-state index < -0.39 is 0 Å². The molecular weight excluding hydrogens is 322 g/mol. The van der Waals surface area contributed by atoms with E-state index in [-0.39, 0.29) is 17.3 Å². The third-order valence-electron chi connectivity index (χ3n) is 5.32. The van der Waals surface area contributed by atoms with Crippen molar-refractivity contribution in [1.82, 2.24) is 15.3 Å². The molecule has 2 aliphatic rings. The average molecular weight is 345 g/mol. The van der Waals surface area contributed by atoms with Crippen LogP contribution in [0.5, 0.6) is 0 Å². The van der Waals surface area contributed by atoms with E-state index in [4.69, 9.17) is 0 Å². The molecule has 1 fully saturated rings. The molecule has 2 heterocycles. The van der Waals surface area contributed by atoms with Crippen LogP contribution < -0.4 is 10.9 Å².